The number of amidine groups is 1. The zero-order valence-electron chi connectivity index (χ0n) is 5.47. The van der Waals surface area contributed by atoms with Gasteiger partial charge in [0.2, 0.25) is 5.91 Å². The molecule has 0 aromatic rings. The molecular weight excluding hydrogens is 134 g/mol. The van der Waals surface area contributed by atoms with Crippen LogP contribution in [0.1, 0.15) is 6.42 Å². The maximum absolute atomic E-state index is 10.7. The van der Waals surface area contributed by atoms with Crippen LogP contribution in [0.2, 0.25) is 0 Å². The van der Waals surface area contributed by atoms with E-state index in [9.17, 15) is 9.59 Å². The Bertz CT molecular complexity index is 191. The first-order chi connectivity index (χ1) is 4.61. The van der Waals surface area contributed by atoms with E-state index in [-0.39, 0.29) is 18.2 Å². The van der Waals surface area contributed by atoms with Gasteiger partial charge in [-0.05, 0) is 0 Å². The predicted octanol–water partition coefficient (Wildman–Crippen LogP) is -0.465. The van der Waals surface area contributed by atoms with Crippen LogP contribution in [0.5, 0.6) is 0 Å². The highest BCUT2D eigenvalue weighted by molar-refractivity contribution is 6.14. The maximum atomic E-state index is 10.7. The Morgan fingerprint density at radius 3 is 2.70 bits per heavy atom. The van der Waals surface area contributed by atoms with Crippen LogP contribution >= 0.6 is 0 Å². The smallest absolute Gasteiger partial charge is 0.295 e. The molecule has 0 unspecified atom stereocenters. The van der Waals surface area contributed by atoms with Crippen LogP contribution in [-0.4, -0.2) is 29.7 Å². The second-order valence-corrected chi connectivity index (χ2v) is 2.04. The summed E-state index contributed by atoms with van der Waals surface area (Å²) in [4.78, 5) is 22.4. The van der Waals surface area contributed by atoms with E-state index >= 15 is 0 Å². The predicted molar refractivity (Wildman–Crippen MR) is 33.6 cm³/mol. The van der Waals surface area contributed by atoms with E-state index in [2.05, 4.69) is 5.32 Å². The fourth-order valence-electron chi connectivity index (χ4n) is 0.640. The molecule has 1 aliphatic rings. The molecule has 0 atom stereocenters. The number of imide groups is 1. The SMILES string of the molecule is CN1C(=O)CC(=N)NC1=O. The first-order valence-electron chi connectivity index (χ1n) is 2.76. The lowest BCUT2D eigenvalue weighted by atomic mass is 10.3. The van der Waals surface area contributed by atoms with E-state index in [1.54, 1.807) is 0 Å². The fraction of sp³-hybridized carbons (Fsp3) is 0.400. The van der Waals surface area contributed by atoms with E-state index in [1.807, 2.05) is 0 Å². The molecule has 3 amide bonds. The van der Waals surface area contributed by atoms with Crippen molar-refractivity contribution in [2.75, 3.05) is 7.05 Å². The maximum Gasteiger partial charge on any atom is 0.329 e. The Kier molecular flexibility index (Phi) is 1.41. The number of hydrogen-bond donors (Lipinski definition) is 2. The lowest BCUT2D eigenvalue weighted by Crippen LogP contribution is -2.50. The number of carbonyl (C=O) groups is 2. The van der Waals surface area contributed by atoms with Gasteiger partial charge in [-0.1, -0.05) is 0 Å². The van der Waals surface area contributed by atoms with E-state index in [1.165, 1.54) is 7.05 Å². The monoisotopic (exact) mass is 141 g/mol. The minimum absolute atomic E-state index is 0.0117. The van der Waals surface area contributed by atoms with Crippen LogP contribution in [0, 0.1) is 5.41 Å². The van der Waals surface area contributed by atoms with Crippen molar-refractivity contribution < 1.29 is 9.59 Å². The molecule has 0 saturated carbocycles. The number of amides is 3. The van der Waals surface area contributed by atoms with Gasteiger partial charge < -0.3 is 0 Å². The summed E-state index contributed by atoms with van der Waals surface area (Å²) in [6.07, 6.45) is -0.0117. The van der Waals surface area contributed by atoms with Crippen molar-refractivity contribution in [1.29, 1.82) is 5.41 Å². The van der Waals surface area contributed by atoms with Crippen LogP contribution in [0.15, 0.2) is 0 Å². The number of nitrogens with zero attached hydrogens (tertiary/aromatic N) is 1. The quantitative estimate of drug-likeness (QED) is 0.479. The third-order valence-corrected chi connectivity index (χ3v) is 1.26. The topological polar surface area (TPSA) is 73.3 Å². The fourth-order valence-corrected chi connectivity index (χ4v) is 0.640. The molecule has 1 aliphatic heterocycles. The highest BCUT2D eigenvalue weighted by Crippen LogP contribution is 1.98. The summed E-state index contributed by atoms with van der Waals surface area (Å²) in [7, 11) is 1.38. The molecule has 0 bridgehead atoms. The van der Waals surface area contributed by atoms with Gasteiger partial charge in [0.05, 0.1) is 6.42 Å². The van der Waals surface area contributed by atoms with Crippen LogP contribution in [0.4, 0.5) is 4.79 Å². The first-order valence-corrected chi connectivity index (χ1v) is 2.76. The Labute approximate surface area is 57.5 Å². The zero-order chi connectivity index (χ0) is 7.72. The Hall–Kier alpha value is -1.39. The van der Waals surface area contributed by atoms with Crippen LogP contribution in [-0.2, 0) is 4.79 Å². The summed E-state index contributed by atoms with van der Waals surface area (Å²) in [6, 6.07) is -0.527. The van der Waals surface area contributed by atoms with E-state index < -0.39 is 6.03 Å². The molecule has 0 aliphatic carbocycles. The second-order valence-electron chi connectivity index (χ2n) is 2.04. The highest BCUT2D eigenvalue weighted by atomic mass is 16.2. The van der Waals surface area contributed by atoms with E-state index in [0.717, 1.165) is 4.90 Å². The van der Waals surface area contributed by atoms with Gasteiger partial charge in [0.15, 0.2) is 0 Å². The van der Waals surface area contributed by atoms with Crippen LogP contribution < -0.4 is 5.32 Å². The van der Waals surface area contributed by atoms with E-state index in [0.29, 0.717) is 0 Å². The van der Waals surface area contributed by atoms with Gasteiger partial charge in [-0.3, -0.25) is 20.4 Å². The average molecular weight is 141 g/mol. The third-order valence-electron chi connectivity index (χ3n) is 1.26. The van der Waals surface area contributed by atoms with Gasteiger partial charge in [-0.25, -0.2) is 4.79 Å². The molecule has 1 rings (SSSR count). The summed E-state index contributed by atoms with van der Waals surface area (Å²) in [5.74, 6) is -0.373. The van der Waals surface area contributed by atoms with Crippen LogP contribution in [0.25, 0.3) is 0 Å². The second kappa shape index (κ2) is 2.09. The lowest BCUT2D eigenvalue weighted by molar-refractivity contribution is -0.126. The normalized spacial score (nSPS) is 19.3. The summed E-state index contributed by atoms with van der Waals surface area (Å²) in [6.45, 7) is 0. The molecule has 10 heavy (non-hydrogen) atoms. The average Bonchev–Trinajstić information content (AvgIpc) is 1.82. The molecule has 0 aromatic heterocycles. The van der Waals surface area contributed by atoms with Crippen LogP contribution in [0.3, 0.4) is 0 Å². The minimum Gasteiger partial charge on any atom is -0.295 e. The highest BCUT2D eigenvalue weighted by Gasteiger charge is 2.24. The van der Waals surface area contributed by atoms with Crippen molar-refractivity contribution in [2.45, 2.75) is 6.42 Å². The molecule has 2 N–H and O–H groups in total. The Morgan fingerprint density at radius 2 is 2.20 bits per heavy atom. The van der Waals surface area contributed by atoms with Crippen molar-refractivity contribution in [1.82, 2.24) is 10.2 Å². The molecule has 0 spiro atoms. The lowest BCUT2D eigenvalue weighted by Gasteiger charge is -2.21. The Morgan fingerprint density at radius 1 is 1.60 bits per heavy atom. The first kappa shape index (κ1) is 6.73. The molecule has 5 nitrogen and oxygen atoms in total. The van der Waals surface area contributed by atoms with Gasteiger partial charge >= 0.3 is 6.03 Å². The number of nitrogens with one attached hydrogen (secondary N) is 2. The number of hydrogen-bond acceptors (Lipinski definition) is 3. The van der Waals surface area contributed by atoms with Crippen molar-refractivity contribution in [3.05, 3.63) is 0 Å². The summed E-state index contributed by atoms with van der Waals surface area (Å²) < 4.78 is 0. The molecular formula is C5H7N3O2. The number of rotatable bonds is 0. The van der Waals surface area contributed by atoms with E-state index in [4.69, 9.17) is 5.41 Å². The molecule has 1 fully saturated rings. The van der Waals surface area contributed by atoms with Gasteiger partial charge in [0, 0.05) is 7.05 Å². The summed E-state index contributed by atoms with van der Waals surface area (Å²) in [5, 5.41) is 9.17. The molecule has 0 aromatic carbocycles. The molecule has 0 radical (unpaired) electrons. The van der Waals surface area contributed by atoms with Crippen molar-refractivity contribution in [2.24, 2.45) is 0 Å². The van der Waals surface area contributed by atoms with Crippen molar-refractivity contribution in [3.8, 4) is 0 Å². The number of urea groups is 1. The van der Waals surface area contributed by atoms with Crippen molar-refractivity contribution >= 4 is 17.8 Å². The third kappa shape index (κ3) is 0.975. The van der Waals surface area contributed by atoms with Gasteiger partial charge in [0.25, 0.3) is 0 Å². The minimum atomic E-state index is -0.527. The summed E-state index contributed by atoms with van der Waals surface area (Å²) in [5.41, 5.74) is 0. The number of carbonyl (C=O) groups excluding carboxylic acids is 2. The molecule has 1 heterocycles. The zero-order valence-corrected chi connectivity index (χ0v) is 5.47. The van der Waals surface area contributed by atoms with Gasteiger partial charge in [-0.2, -0.15) is 0 Å². The van der Waals surface area contributed by atoms with Crippen molar-refractivity contribution in [3.63, 3.8) is 0 Å². The van der Waals surface area contributed by atoms with Gasteiger partial charge in [-0.15, -0.1) is 0 Å². The molecule has 5 heteroatoms. The largest absolute Gasteiger partial charge is 0.329 e. The summed E-state index contributed by atoms with van der Waals surface area (Å²) >= 11 is 0. The standard InChI is InChI=1S/C5H7N3O2/c1-8-4(9)2-3(6)7-5(8)10/h2H2,1H3,(H2,6,7,10). The van der Waals surface area contributed by atoms with Gasteiger partial charge in [0.1, 0.15) is 5.84 Å². The molecule has 1 saturated heterocycles. The molecule has 54 valence electrons. The Balaban J connectivity index is 2.76.